The lowest BCUT2D eigenvalue weighted by Gasteiger charge is -2.38. The van der Waals surface area contributed by atoms with E-state index < -0.39 is 0 Å². The van der Waals surface area contributed by atoms with Crippen LogP contribution >= 0.6 is 0 Å². The molecule has 0 saturated carbocycles. The number of anilines is 1. The predicted octanol–water partition coefficient (Wildman–Crippen LogP) is 2.65. The first-order valence-electron chi connectivity index (χ1n) is 9.41. The molecule has 1 aromatic heterocycles. The second-order valence-corrected chi connectivity index (χ2v) is 7.28. The lowest BCUT2D eigenvalue weighted by atomic mass is 9.91. The minimum Gasteiger partial charge on any atom is -0.323 e. The summed E-state index contributed by atoms with van der Waals surface area (Å²) in [6, 6.07) is 12.1. The third-order valence-corrected chi connectivity index (χ3v) is 5.37. The maximum absolute atomic E-state index is 12.3. The van der Waals surface area contributed by atoms with Gasteiger partial charge in [-0.2, -0.15) is 10.2 Å². The number of piperidine rings is 1. The lowest BCUT2D eigenvalue weighted by Crippen LogP contribution is -2.50. The Morgan fingerprint density at radius 1 is 1.15 bits per heavy atom. The van der Waals surface area contributed by atoms with Crippen molar-refractivity contribution >= 4 is 11.7 Å². The van der Waals surface area contributed by atoms with Crippen molar-refractivity contribution < 1.29 is 4.79 Å². The standard InChI is InChI=1S/C20H25N5O/c26-20(25-13-17(14-25)19-2-1-9-22-24-19)23-18-5-3-15(4-6-18)12-16-7-10-21-11-8-16/h1-6,9,16-17,21H,7-8,10-14H2,(H,23,26). The summed E-state index contributed by atoms with van der Waals surface area (Å²) in [5.74, 6) is 1.07. The molecule has 6 heteroatoms. The first kappa shape index (κ1) is 17.0. The first-order valence-corrected chi connectivity index (χ1v) is 9.41. The van der Waals surface area contributed by atoms with Gasteiger partial charge in [0.25, 0.3) is 0 Å². The molecule has 3 heterocycles. The SMILES string of the molecule is O=C(Nc1ccc(CC2CCNCC2)cc1)N1CC(c2cccnn2)C1. The molecule has 0 atom stereocenters. The van der Waals surface area contributed by atoms with Crippen LogP contribution in [0.3, 0.4) is 0 Å². The summed E-state index contributed by atoms with van der Waals surface area (Å²) in [7, 11) is 0. The Hall–Kier alpha value is -2.47. The largest absolute Gasteiger partial charge is 0.323 e. The van der Waals surface area contributed by atoms with Gasteiger partial charge in [-0.05, 0) is 68.1 Å². The zero-order valence-corrected chi connectivity index (χ0v) is 14.9. The van der Waals surface area contributed by atoms with E-state index in [4.69, 9.17) is 0 Å². The molecule has 136 valence electrons. The van der Waals surface area contributed by atoms with Crippen molar-refractivity contribution in [1.29, 1.82) is 0 Å². The van der Waals surface area contributed by atoms with Crippen LogP contribution in [0, 0.1) is 5.92 Å². The highest BCUT2D eigenvalue weighted by Crippen LogP contribution is 2.26. The Morgan fingerprint density at radius 2 is 1.92 bits per heavy atom. The maximum atomic E-state index is 12.3. The summed E-state index contributed by atoms with van der Waals surface area (Å²) in [5, 5.41) is 14.4. The topological polar surface area (TPSA) is 70.2 Å². The van der Waals surface area contributed by atoms with E-state index in [1.165, 1.54) is 18.4 Å². The summed E-state index contributed by atoms with van der Waals surface area (Å²) < 4.78 is 0. The van der Waals surface area contributed by atoms with Gasteiger partial charge in [0.1, 0.15) is 0 Å². The third kappa shape index (κ3) is 4.02. The second kappa shape index (κ2) is 7.83. The van der Waals surface area contributed by atoms with Crippen LogP contribution in [-0.2, 0) is 6.42 Å². The van der Waals surface area contributed by atoms with Gasteiger partial charge in [0.2, 0.25) is 0 Å². The minimum atomic E-state index is -0.0451. The van der Waals surface area contributed by atoms with Crippen molar-refractivity contribution in [3.8, 4) is 0 Å². The van der Waals surface area contributed by atoms with Gasteiger partial charge < -0.3 is 15.5 Å². The Morgan fingerprint density at radius 3 is 2.62 bits per heavy atom. The number of amides is 2. The van der Waals surface area contributed by atoms with E-state index in [1.807, 2.05) is 29.2 Å². The van der Waals surface area contributed by atoms with Gasteiger partial charge in [-0.15, -0.1) is 0 Å². The molecule has 1 aromatic carbocycles. The fraction of sp³-hybridized carbons (Fsp3) is 0.450. The third-order valence-electron chi connectivity index (χ3n) is 5.37. The number of hydrogen-bond donors (Lipinski definition) is 2. The molecule has 2 aliphatic rings. The molecule has 2 saturated heterocycles. The Balaban J connectivity index is 1.26. The molecule has 26 heavy (non-hydrogen) atoms. The van der Waals surface area contributed by atoms with E-state index in [0.717, 1.165) is 36.8 Å². The molecule has 2 fully saturated rings. The molecule has 0 radical (unpaired) electrons. The van der Waals surface area contributed by atoms with Gasteiger partial charge >= 0.3 is 6.03 Å². The number of nitrogens with one attached hydrogen (secondary N) is 2. The molecule has 0 spiro atoms. The average Bonchev–Trinajstić information content (AvgIpc) is 2.64. The summed E-state index contributed by atoms with van der Waals surface area (Å²) in [4.78, 5) is 14.2. The van der Waals surface area contributed by atoms with E-state index in [1.54, 1.807) is 6.20 Å². The molecule has 4 rings (SSSR count). The van der Waals surface area contributed by atoms with Crippen LogP contribution in [0.1, 0.15) is 30.0 Å². The highest BCUT2D eigenvalue weighted by molar-refractivity contribution is 5.90. The fourth-order valence-electron chi connectivity index (χ4n) is 3.71. The summed E-state index contributed by atoms with van der Waals surface area (Å²) in [6.45, 7) is 3.64. The first-order chi connectivity index (χ1) is 12.8. The summed E-state index contributed by atoms with van der Waals surface area (Å²) >= 11 is 0. The van der Waals surface area contributed by atoms with E-state index in [2.05, 4.69) is 33.0 Å². The van der Waals surface area contributed by atoms with Crippen LogP contribution in [0.15, 0.2) is 42.6 Å². The number of hydrogen-bond acceptors (Lipinski definition) is 4. The van der Waals surface area contributed by atoms with Crippen molar-refractivity contribution in [2.45, 2.75) is 25.2 Å². The highest BCUT2D eigenvalue weighted by Gasteiger charge is 2.32. The number of rotatable bonds is 4. The van der Waals surface area contributed by atoms with Gasteiger partial charge in [-0.25, -0.2) is 4.79 Å². The van der Waals surface area contributed by atoms with E-state index in [-0.39, 0.29) is 6.03 Å². The Labute approximate surface area is 154 Å². The van der Waals surface area contributed by atoms with Gasteiger partial charge in [0.05, 0.1) is 5.69 Å². The van der Waals surface area contributed by atoms with Gasteiger partial charge in [-0.3, -0.25) is 0 Å². The van der Waals surface area contributed by atoms with Gasteiger partial charge in [0, 0.05) is 30.9 Å². The molecule has 0 aliphatic carbocycles. The predicted molar refractivity (Wildman–Crippen MR) is 101 cm³/mol. The summed E-state index contributed by atoms with van der Waals surface area (Å²) in [6.07, 6.45) is 5.30. The molecule has 2 aliphatic heterocycles. The minimum absolute atomic E-state index is 0.0451. The number of carbonyl (C=O) groups is 1. The van der Waals surface area contributed by atoms with E-state index >= 15 is 0 Å². The number of aromatic nitrogens is 2. The lowest BCUT2D eigenvalue weighted by molar-refractivity contribution is 0.162. The maximum Gasteiger partial charge on any atom is 0.321 e. The molecule has 0 bridgehead atoms. The molecule has 2 aromatic rings. The zero-order chi connectivity index (χ0) is 17.8. The number of carbonyl (C=O) groups excluding carboxylic acids is 1. The number of benzene rings is 1. The van der Waals surface area contributed by atoms with Crippen molar-refractivity contribution in [2.75, 3.05) is 31.5 Å². The smallest absolute Gasteiger partial charge is 0.321 e. The quantitative estimate of drug-likeness (QED) is 0.888. The second-order valence-electron chi connectivity index (χ2n) is 7.28. The van der Waals surface area contributed by atoms with E-state index in [9.17, 15) is 4.79 Å². The number of likely N-dealkylation sites (tertiary alicyclic amines) is 1. The average molecular weight is 351 g/mol. The van der Waals surface area contributed by atoms with Crippen molar-refractivity contribution in [2.24, 2.45) is 5.92 Å². The Bertz CT molecular complexity index is 722. The molecule has 2 amide bonds. The van der Waals surface area contributed by atoms with Crippen LogP contribution in [0.5, 0.6) is 0 Å². The van der Waals surface area contributed by atoms with Crippen LogP contribution in [0.2, 0.25) is 0 Å². The number of nitrogens with zero attached hydrogens (tertiary/aromatic N) is 3. The van der Waals surface area contributed by atoms with E-state index in [0.29, 0.717) is 19.0 Å². The van der Waals surface area contributed by atoms with Crippen molar-refractivity contribution in [1.82, 2.24) is 20.4 Å². The molecule has 6 nitrogen and oxygen atoms in total. The van der Waals surface area contributed by atoms with Crippen molar-refractivity contribution in [3.63, 3.8) is 0 Å². The van der Waals surface area contributed by atoms with Crippen molar-refractivity contribution in [3.05, 3.63) is 53.9 Å². The molecular weight excluding hydrogens is 326 g/mol. The van der Waals surface area contributed by atoms with Gasteiger partial charge in [-0.1, -0.05) is 12.1 Å². The molecule has 0 unspecified atom stereocenters. The van der Waals surface area contributed by atoms with Crippen LogP contribution in [0.25, 0.3) is 0 Å². The Kier molecular flexibility index (Phi) is 5.11. The highest BCUT2D eigenvalue weighted by atomic mass is 16.2. The normalized spacial score (nSPS) is 18.4. The number of urea groups is 1. The monoisotopic (exact) mass is 351 g/mol. The van der Waals surface area contributed by atoms with Crippen LogP contribution < -0.4 is 10.6 Å². The van der Waals surface area contributed by atoms with Crippen LogP contribution in [0.4, 0.5) is 10.5 Å². The summed E-state index contributed by atoms with van der Waals surface area (Å²) in [5.41, 5.74) is 3.16. The fourth-order valence-corrected chi connectivity index (χ4v) is 3.71. The molecule has 2 N–H and O–H groups in total. The zero-order valence-electron chi connectivity index (χ0n) is 14.9. The molecular formula is C20H25N5O. The van der Waals surface area contributed by atoms with Gasteiger partial charge in [0.15, 0.2) is 0 Å². The van der Waals surface area contributed by atoms with Crippen LogP contribution in [-0.4, -0.2) is 47.3 Å².